The van der Waals surface area contributed by atoms with Crippen LogP contribution in [-0.4, -0.2) is 25.3 Å². The highest BCUT2D eigenvalue weighted by molar-refractivity contribution is 5.70. The van der Waals surface area contributed by atoms with Crippen LogP contribution in [-0.2, 0) is 20.7 Å². The average Bonchev–Trinajstić information content (AvgIpc) is 2.79. The normalized spacial score (nSPS) is 19.2. The largest absolute Gasteiger partial charge is 0.460 e. The van der Waals surface area contributed by atoms with Gasteiger partial charge in [0.25, 0.3) is 0 Å². The Labute approximate surface area is 101 Å². The van der Waals surface area contributed by atoms with Gasteiger partial charge in [0.05, 0.1) is 13.2 Å². The molecule has 1 aromatic rings. The van der Waals surface area contributed by atoms with Crippen molar-refractivity contribution in [3.63, 3.8) is 0 Å². The van der Waals surface area contributed by atoms with Crippen LogP contribution in [0.3, 0.4) is 0 Å². The number of benzene rings is 1. The van der Waals surface area contributed by atoms with Crippen LogP contribution >= 0.6 is 0 Å². The zero-order valence-corrected chi connectivity index (χ0v) is 9.72. The lowest BCUT2D eigenvalue weighted by atomic mass is 10.1. The van der Waals surface area contributed by atoms with Gasteiger partial charge in [-0.1, -0.05) is 12.1 Å². The smallest absolute Gasteiger partial charge is 0.306 e. The van der Waals surface area contributed by atoms with Crippen LogP contribution in [0.4, 0.5) is 5.69 Å². The van der Waals surface area contributed by atoms with E-state index in [0.717, 1.165) is 17.7 Å². The summed E-state index contributed by atoms with van der Waals surface area (Å²) in [5, 5.41) is 0. The van der Waals surface area contributed by atoms with Gasteiger partial charge in [0.2, 0.25) is 0 Å². The van der Waals surface area contributed by atoms with Crippen molar-refractivity contribution >= 4 is 11.7 Å². The number of nitrogen functional groups attached to an aromatic ring is 1. The van der Waals surface area contributed by atoms with Crippen molar-refractivity contribution in [2.24, 2.45) is 0 Å². The summed E-state index contributed by atoms with van der Waals surface area (Å²) >= 11 is 0. The molecule has 0 aliphatic carbocycles. The summed E-state index contributed by atoms with van der Waals surface area (Å²) in [5.74, 6) is -0.164. The Morgan fingerprint density at radius 2 is 2.41 bits per heavy atom. The number of hydrogen-bond donors (Lipinski definition) is 1. The highest BCUT2D eigenvalue weighted by atomic mass is 16.6. The van der Waals surface area contributed by atoms with E-state index in [1.807, 2.05) is 24.3 Å². The lowest BCUT2D eigenvalue weighted by Gasteiger charge is -2.09. The number of rotatable bonds is 4. The molecule has 4 heteroatoms. The molecule has 2 N–H and O–H groups in total. The predicted molar refractivity (Wildman–Crippen MR) is 64.5 cm³/mol. The van der Waals surface area contributed by atoms with Gasteiger partial charge < -0.3 is 15.2 Å². The fourth-order valence-corrected chi connectivity index (χ4v) is 1.85. The Morgan fingerprint density at radius 3 is 3.12 bits per heavy atom. The summed E-state index contributed by atoms with van der Waals surface area (Å²) < 4.78 is 10.4. The van der Waals surface area contributed by atoms with Gasteiger partial charge in [-0.25, -0.2) is 0 Å². The molecule has 1 aromatic carbocycles. The summed E-state index contributed by atoms with van der Waals surface area (Å²) in [6.45, 7) is 1.22. The van der Waals surface area contributed by atoms with E-state index < -0.39 is 0 Å². The van der Waals surface area contributed by atoms with Crippen LogP contribution < -0.4 is 5.73 Å². The van der Waals surface area contributed by atoms with Crippen molar-refractivity contribution in [1.82, 2.24) is 0 Å². The minimum Gasteiger partial charge on any atom is -0.460 e. The number of aryl methyl sites for hydroxylation is 1. The Kier molecular flexibility index (Phi) is 3.98. The maximum atomic E-state index is 11.5. The summed E-state index contributed by atoms with van der Waals surface area (Å²) in [7, 11) is 0. The van der Waals surface area contributed by atoms with Crippen molar-refractivity contribution in [3.8, 4) is 0 Å². The number of ether oxygens (including phenoxy) is 2. The molecule has 0 bridgehead atoms. The zero-order valence-electron chi connectivity index (χ0n) is 9.72. The molecule has 1 heterocycles. The van der Waals surface area contributed by atoms with E-state index in [4.69, 9.17) is 15.2 Å². The molecule has 0 radical (unpaired) electrons. The fourth-order valence-electron chi connectivity index (χ4n) is 1.85. The second kappa shape index (κ2) is 5.68. The number of carbonyl (C=O) groups is 1. The summed E-state index contributed by atoms with van der Waals surface area (Å²) in [5.41, 5.74) is 7.45. The van der Waals surface area contributed by atoms with Gasteiger partial charge in [-0.3, -0.25) is 4.79 Å². The van der Waals surface area contributed by atoms with Crippen LogP contribution in [0.25, 0.3) is 0 Å². The summed E-state index contributed by atoms with van der Waals surface area (Å²) in [4.78, 5) is 11.5. The number of carbonyl (C=O) groups excluding carboxylic acids is 1. The van der Waals surface area contributed by atoms with Crippen molar-refractivity contribution in [3.05, 3.63) is 29.8 Å². The number of hydrogen-bond acceptors (Lipinski definition) is 4. The van der Waals surface area contributed by atoms with Gasteiger partial charge >= 0.3 is 5.97 Å². The standard InChI is InChI=1S/C13H17NO3/c14-11-3-1-2-10(8-11)4-5-13(15)17-12-6-7-16-9-12/h1-3,8,12H,4-7,9,14H2. The van der Waals surface area contributed by atoms with Crippen LogP contribution in [0.1, 0.15) is 18.4 Å². The van der Waals surface area contributed by atoms with Gasteiger partial charge in [-0.2, -0.15) is 0 Å². The van der Waals surface area contributed by atoms with E-state index in [0.29, 0.717) is 26.1 Å². The SMILES string of the molecule is Nc1cccc(CCC(=O)OC2CCOC2)c1. The molecule has 1 aliphatic rings. The molecule has 1 unspecified atom stereocenters. The van der Waals surface area contributed by atoms with E-state index >= 15 is 0 Å². The third-order valence-corrected chi connectivity index (χ3v) is 2.75. The van der Waals surface area contributed by atoms with E-state index in [1.54, 1.807) is 0 Å². The van der Waals surface area contributed by atoms with Crippen molar-refractivity contribution in [1.29, 1.82) is 0 Å². The molecule has 0 spiro atoms. The molecule has 17 heavy (non-hydrogen) atoms. The van der Waals surface area contributed by atoms with E-state index in [2.05, 4.69) is 0 Å². The minimum atomic E-state index is -0.164. The molecule has 2 rings (SSSR count). The zero-order chi connectivity index (χ0) is 12.1. The monoisotopic (exact) mass is 235 g/mol. The molecule has 1 fully saturated rings. The first-order chi connectivity index (χ1) is 8.24. The molecule has 1 aliphatic heterocycles. The number of nitrogens with two attached hydrogens (primary N) is 1. The second-order valence-electron chi connectivity index (χ2n) is 4.22. The Bertz CT molecular complexity index is 386. The topological polar surface area (TPSA) is 61.6 Å². The molecule has 4 nitrogen and oxygen atoms in total. The predicted octanol–water partition coefficient (Wildman–Crippen LogP) is 1.53. The molecule has 1 saturated heterocycles. The lowest BCUT2D eigenvalue weighted by molar-refractivity contribution is -0.148. The average molecular weight is 235 g/mol. The van der Waals surface area contributed by atoms with Crippen LogP contribution in [0.5, 0.6) is 0 Å². The highest BCUT2D eigenvalue weighted by Crippen LogP contribution is 2.12. The first kappa shape index (κ1) is 11.9. The number of anilines is 1. The third-order valence-electron chi connectivity index (χ3n) is 2.75. The molecular formula is C13H17NO3. The Balaban J connectivity index is 1.75. The second-order valence-corrected chi connectivity index (χ2v) is 4.22. The fraction of sp³-hybridized carbons (Fsp3) is 0.462. The van der Waals surface area contributed by atoms with Crippen molar-refractivity contribution in [2.75, 3.05) is 18.9 Å². The number of esters is 1. The molecule has 92 valence electrons. The van der Waals surface area contributed by atoms with E-state index in [1.165, 1.54) is 0 Å². The van der Waals surface area contributed by atoms with Crippen LogP contribution in [0.15, 0.2) is 24.3 Å². The maximum Gasteiger partial charge on any atom is 0.306 e. The van der Waals surface area contributed by atoms with Gasteiger partial charge in [0.15, 0.2) is 0 Å². The third kappa shape index (κ3) is 3.75. The maximum absolute atomic E-state index is 11.5. The first-order valence-electron chi connectivity index (χ1n) is 5.85. The molecular weight excluding hydrogens is 218 g/mol. The molecule has 0 saturated carbocycles. The Morgan fingerprint density at radius 1 is 1.53 bits per heavy atom. The molecule has 0 amide bonds. The first-order valence-corrected chi connectivity index (χ1v) is 5.85. The van der Waals surface area contributed by atoms with Crippen LogP contribution in [0, 0.1) is 0 Å². The lowest BCUT2D eigenvalue weighted by Crippen LogP contribution is -2.18. The summed E-state index contributed by atoms with van der Waals surface area (Å²) in [6.07, 6.45) is 1.81. The quantitative estimate of drug-likeness (QED) is 0.635. The van der Waals surface area contributed by atoms with Crippen molar-refractivity contribution in [2.45, 2.75) is 25.4 Å². The summed E-state index contributed by atoms with van der Waals surface area (Å²) in [6, 6.07) is 7.56. The highest BCUT2D eigenvalue weighted by Gasteiger charge is 2.19. The van der Waals surface area contributed by atoms with Gasteiger partial charge in [-0.15, -0.1) is 0 Å². The van der Waals surface area contributed by atoms with Gasteiger partial charge in [0, 0.05) is 18.5 Å². The van der Waals surface area contributed by atoms with Gasteiger partial charge in [0.1, 0.15) is 6.10 Å². The minimum absolute atomic E-state index is 0.0525. The van der Waals surface area contributed by atoms with Crippen molar-refractivity contribution < 1.29 is 14.3 Å². The van der Waals surface area contributed by atoms with E-state index in [-0.39, 0.29) is 12.1 Å². The van der Waals surface area contributed by atoms with Gasteiger partial charge in [-0.05, 0) is 24.1 Å². The van der Waals surface area contributed by atoms with E-state index in [9.17, 15) is 4.79 Å². The molecule has 1 atom stereocenters. The van der Waals surface area contributed by atoms with Crippen LogP contribution in [0.2, 0.25) is 0 Å². The Hall–Kier alpha value is -1.55. The molecule has 0 aromatic heterocycles.